The van der Waals surface area contributed by atoms with E-state index in [2.05, 4.69) is 17.4 Å². The number of carbonyl (C=O) groups is 3. The number of nitrogens with zero attached hydrogens (tertiary/aromatic N) is 1. The number of rotatable bonds is 4. The van der Waals surface area contributed by atoms with Crippen LogP contribution in [-0.2, 0) is 9.59 Å². The van der Waals surface area contributed by atoms with Gasteiger partial charge in [0.05, 0.1) is 17.5 Å². The summed E-state index contributed by atoms with van der Waals surface area (Å²) in [6, 6.07) is 24.5. The van der Waals surface area contributed by atoms with Gasteiger partial charge in [0.1, 0.15) is 0 Å². The maximum absolute atomic E-state index is 13.3. The van der Waals surface area contributed by atoms with E-state index in [1.807, 2.05) is 37.3 Å². The number of fused-ring (bicyclic) bond motifs is 1. The Morgan fingerprint density at radius 3 is 2.33 bits per heavy atom. The van der Waals surface area contributed by atoms with E-state index < -0.39 is 0 Å². The van der Waals surface area contributed by atoms with Gasteiger partial charge in [0.15, 0.2) is 0 Å². The topological polar surface area (TPSA) is 66.5 Å². The summed E-state index contributed by atoms with van der Waals surface area (Å²) in [6.45, 7) is 1.97. The van der Waals surface area contributed by atoms with Crippen molar-refractivity contribution >= 4 is 29.1 Å². The molecule has 0 spiro atoms. The lowest BCUT2D eigenvalue weighted by atomic mass is 9.73. The molecule has 3 amide bonds. The molecule has 3 aromatic rings. The van der Waals surface area contributed by atoms with Gasteiger partial charge in [-0.15, -0.1) is 0 Å². The summed E-state index contributed by atoms with van der Waals surface area (Å²) in [6.07, 6.45) is 2.32. The van der Waals surface area contributed by atoms with Gasteiger partial charge < -0.3 is 5.32 Å². The minimum absolute atomic E-state index is 0.126. The lowest BCUT2D eigenvalue weighted by Gasteiger charge is -2.28. The fourth-order valence-corrected chi connectivity index (χ4v) is 5.09. The molecule has 1 saturated carbocycles. The summed E-state index contributed by atoms with van der Waals surface area (Å²) in [5.41, 5.74) is 3.93. The molecule has 1 heterocycles. The van der Waals surface area contributed by atoms with Crippen LogP contribution in [0.4, 0.5) is 11.4 Å². The maximum Gasteiger partial charge on any atom is 0.255 e. The number of anilines is 2. The Balaban J connectivity index is 1.34. The van der Waals surface area contributed by atoms with Gasteiger partial charge >= 0.3 is 0 Å². The predicted octanol–water partition coefficient (Wildman–Crippen LogP) is 5.32. The zero-order valence-corrected chi connectivity index (χ0v) is 18.5. The molecule has 2 fully saturated rings. The Hall–Kier alpha value is -3.73. The molecule has 0 bridgehead atoms. The van der Waals surface area contributed by atoms with Crippen LogP contribution in [0.2, 0.25) is 0 Å². The minimum Gasteiger partial charge on any atom is -0.322 e. The Morgan fingerprint density at radius 2 is 1.58 bits per heavy atom. The van der Waals surface area contributed by atoms with E-state index >= 15 is 0 Å². The van der Waals surface area contributed by atoms with Gasteiger partial charge in [-0.1, -0.05) is 54.1 Å². The van der Waals surface area contributed by atoms with Gasteiger partial charge in [-0.3, -0.25) is 14.4 Å². The van der Waals surface area contributed by atoms with Gasteiger partial charge in [0.2, 0.25) is 11.8 Å². The predicted molar refractivity (Wildman–Crippen MR) is 128 cm³/mol. The lowest BCUT2D eigenvalue weighted by Crippen LogP contribution is -2.31. The lowest BCUT2D eigenvalue weighted by molar-refractivity contribution is -0.122. The third kappa shape index (κ3) is 4.07. The third-order valence-corrected chi connectivity index (χ3v) is 6.87. The van der Waals surface area contributed by atoms with Crippen molar-refractivity contribution in [3.05, 3.63) is 95.6 Å². The van der Waals surface area contributed by atoms with Crippen LogP contribution in [0.3, 0.4) is 0 Å². The highest BCUT2D eigenvalue weighted by atomic mass is 16.2. The quantitative estimate of drug-likeness (QED) is 0.561. The van der Waals surface area contributed by atoms with E-state index in [1.165, 1.54) is 10.5 Å². The summed E-state index contributed by atoms with van der Waals surface area (Å²) in [5, 5.41) is 2.87. The third-order valence-electron chi connectivity index (χ3n) is 6.87. The Labute approximate surface area is 193 Å². The van der Waals surface area contributed by atoms with Crippen molar-refractivity contribution in [1.82, 2.24) is 0 Å². The van der Waals surface area contributed by atoms with Crippen molar-refractivity contribution in [3.8, 4) is 0 Å². The molecule has 5 heteroatoms. The molecule has 5 rings (SSSR count). The van der Waals surface area contributed by atoms with E-state index in [-0.39, 0.29) is 29.6 Å². The second-order valence-corrected chi connectivity index (χ2v) is 9.02. The molecule has 0 aromatic heterocycles. The van der Waals surface area contributed by atoms with Gasteiger partial charge in [-0.2, -0.15) is 0 Å². The van der Waals surface area contributed by atoms with E-state index in [1.54, 1.807) is 36.4 Å². The van der Waals surface area contributed by atoms with E-state index in [9.17, 15) is 14.4 Å². The number of hydrogen-bond donors (Lipinski definition) is 1. The minimum atomic E-state index is -0.290. The zero-order valence-electron chi connectivity index (χ0n) is 18.5. The van der Waals surface area contributed by atoms with Crippen molar-refractivity contribution in [2.45, 2.75) is 32.1 Å². The van der Waals surface area contributed by atoms with E-state index in [4.69, 9.17) is 0 Å². The first-order valence-corrected chi connectivity index (χ1v) is 11.4. The van der Waals surface area contributed by atoms with Crippen molar-refractivity contribution in [2.75, 3.05) is 10.2 Å². The van der Waals surface area contributed by atoms with Gasteiger partial charge in [-0.05, 0) is 68.0 Å². The van der Waals surface area contributed by atoms with Crippen LogP contribution in [0.5, 0.6) is 0 Å². The molecule has 1 aliphatic heterocycles. The molecule has 0 unspecified atom stereocenters. The average molecular weight is 439 g/mol. The highest BCUT2D eigenvalue weighted by Gasteiger charge is 2.50. The first-order valence-electron chi connectivity index (χ1n) is 11.4. The summed E-state index contributed by atoms with van der Waals surface area (Å²) >= 11 is 0. The first kappa shape index (κ1) is 21.1. The van der Waals surface area contributed by atoms with Crippen molar-refractivity contribution in [1.29, 1.82) is 0 Å². The van der Waals surface area contributed by atoms with Gasteiger partial charge in [0, 0.05) is 11.3 Å². The maximum atomic E-state index is 13.3. The number of imide groups is 1. The Kier molecular flexibility index (Phi) is 5.55. The van der Waals surface area contributed by atoms with Crippen LogP contribution in [0.15, 0.2) is 78.9 Å². The number of benzene rings is 3. The molecule has 0 radical (unpaired) electrons. The normalized spacial score (nSPS) is 22.2. The second kappa shape index (κ2) is 8.66. The highest BCUT2D eigenvalue weighted by molar-refractivity contribution is 6.22. The van der Waals surface area contributed by atoms with Crippen LogP contribution in [0.1, 0.15) is 46.7 Å². The van der Waals surface area contributed by atoms with Crippen LogP contribution in [0.25, 0.3) is 0 Å². The van der Waals surface area contributed by atoms with Gasteiger partial charge in [0.25, 0.3) is 5.91 Å². The molecular weight excluding hydrogens is 412 g/mol. The summed E-state index contributed by atoms with van der Waals surface area (Å²) < 4.78 is 0. The molecule has 166 valence electrons. The number of carbonyl (C=O) groups excluding carboxylic acids is 3. The summed E-state index contributed by atoms with van der Waals surface area (Å²) in [4.78, 5) is 40.5. The molecule has 1 aliphatic carbocycles. The Bertz CT molecular complexity index is 1200. The monoisotopic (exact) mass is 438 g/mol. The smallest absolute Gasteiger partial charge is 0.255 e. The number of aryl methyl sites for hydroxylation is 1. The second-order valence-electron chi connectivity index (χ2n) is 9.02. The average Bonchev–Trinajstić information content (AvgIpc) is 3.09. The molecule has 1 saturated heterocycles. The number of hydrogen-bond acceptors (Lipinski definition) is 3. The zero-order chi connectivity index (χ0) is 22.9. The van der Waals surface area contributed by atoms with E-state index in [0.717, 1.165) is 18.4 Å². The number of nitrogens with one attached hydrogen (secondary N) is 1. The van der Waals surface area contributed by atoms with Crippen LogP contribution < -0.4 is 10.2 Å². The Morgan fingerprint density at radius 1 is 0.848 bits per heavy atom. The first-order chi connectivity index (χ1) is 16.0. The van der Waals surface area contributed by atoms with E-state index in [0.29, 0.717) is 29.3 Å². The van der Waals surface area contributed by atoms with Crippen molar-refractivity contribution in [2.24, 2.45) is 11.8 Å². The standard InChI is InChI=1S/C28H26N2O3/c1-18-10-12-20(13-11-18)26(31)29-22-8-5-9-23(17-22)30-27(32)24-15-14-21(16-25(24)28(30)33)19-6-3-2-4-7-19/h2-13,17,21,24-25H,14-16H2,1H3,(H,29,31)/t21-,24-,25+/m1/s1. The van der Waals surface area contributed by atoms with Crippen molar-refractivity contribution in [3.63, 3.8) is 0 Å². The number of amides is 3. The van der Waals surface area contributed by atoms with Crippen LogP contribution >= 0.6 is 0 Å². The summed E-state index contributed by atoms with van der Waals surface area (Å²) in [5.74, 6) is -0.744. The van der Waals surface area contributed by atoms with Crippen molar-refractivity contribution < 1.29 is 14.4 Å². The molecule has 33 heavy (non-hydrogen) atoms. The fraction of sp³-hybridized carbons (Fsp3) is 0.250. The molecule has 5 nitrogen and oxygen atoms in total. The van der Waals surface area contributed by atoms with Gasteiger partial charge in [-0.25, -0.2) is 4.90 Å². The highest BCUT2D eigenvalue weighted by Crippen LogP contribution is 2.45. The van der Waals surface area contributed by atoms with Crippen LogP contribution in [0, 0.1) is 18.8 Å². The van der Waals surface area contributed by atoms with Crippen LogP contribution in [-0.4, -0.2) is 17.7 Å². The fourth-order valence-electron chi connectivity index (χ4n) is 5.09. The summed E-state index contributed by atoms with van der Waals surface area (Å²) in [7, 11) is 0. The largest absolute Gasteiger partial charge is 0.322 e. The molecule has 3 atom stereocenters. The molecule has 3 aromatic carbocycles. The molecule has 2 aliphatic rings. The molecular formula is C28H26N2O3. The molecule has 1 N–H and O–H groups in total. The SMILES string of the molecule is Cc1ccc(C(=O)Nc2cccc(N3C(=O)[C@H]4C[C@H](c5ccccc5)CC[C@H]4C3=O)c2)cc1.